The lowest BCUT2D eigenvalue weighted by Gasteiger charge is -2.34. The van der Waals surface area contributed by atoms with E-state index in [2.05, 4.69) is 44.6 Å². The van der Waals surface area contributed by atoms with Gasteiger partial charge in [-0.3, -0.25) is 4.99 Å². The number of anilines is 1. The molecule has 1 aliphatic heterocycles. The van der Waals surface area contributed by atoms with Crippen molar-refractivity contribution in [2.24, 2.45) is 4.99 Å². The molecule has 158 valence electrons. The summed E-state index contributed by atoms with van der Waals surface area (Å²) in [5, 5.41) is 6.31. The SMILES string of the molecule is CN=C(NCCS(=O)(=O)N1CCN(c2ccccn2)CC1)NCc1ccc(C)s1. The normalized spacial score (nSPS) is 16.1. The summed E-state index contributed by atoms with van der Waals surface area (Å²) in [6.45, 7) is 5.29. The van der Waals surface area contributed by atoms with Crippen molar-refractivity contribution in [2.45, 2.75) is 13.5 Å². The molecule has 0 aromatic carbocycles. The predicted octanol–water partition coefficient (Wildman–Crippen LogP) is 1.27. The maximum Gasteiger partial charge on any atom is 0.215 e. The summed E-state index contributed by atoms with van der Waals surface area (Å²) in [6, 6.07) is 9.93. The molecule has 0 atom stereocenters. The number of aliphatic imine (C=N–C) groups is 1. The number of aryl methyl sites for hydroxylation is 1. The van der Waals surface area contributed by atoms with Crippen LogP contribution in [-0.2, 0) is 16.6 Å². The average molecular weight is 437 g/mol. The van der Waals surface area contributed by atoms with Crippen LogP contribution in [-0.4, -0.2) is 69.2 Å². The lowest BCUT2D eigenvalue weighted by molar-refractivity contribution is 0.384. The number of hydrogen-bond acceptors (Lipinski definition) is 6. The van der Waals surface area contributed by atoms with Gasteiger partial charge in [-0.1, -0.05) is 6.07 Å². The smallest absolute Gasteiger partial charge is 0.215 e. The van der Waals surface area contributed by atoms with Gasteiger partial charge in [0.2, 0.25) is 10.0 Å². The van der Waals surface area contributed by atoms with E-state index in [0.29, 0.717) is 45.2 Å². The Bertz CT molecular complexity index is 906. The zero-order valence-electron chi connectivity index (χ0n) is 16.8. The summed E-state index contributed by atoms with van der Waals surface area (Å²) >= 11 is 1.73. The van der Waals surface area contributed by atoms with Gasteiger partial charge in [-0.2, -0.15) is 4.31 Å². The summed E-state index contributed by atoms with van der Waals surface area (Å²) in [7, 11) is -1.63. The molecule has 0 unspecified atom stereocenters. The van der Waals surface area contributed by atoms with Gasteiger partial charge in [-0.25, -0.2) is 13.4 Å². The fraction of sp³-hybridized carbons (Fsp3) is 0.474. The fourth-order valence-electron chi connectivity index (χ4n) is 3.14. The second-order valence-corrected chi connectivity index (χ2v) is 10.2. The lowest BCUT2D eigenvalue weighted by Crippen LogP contribution is -2.50. The first-order valence-corrected chi connectivity index (χ1v) is 12.0. The molecular weight excluding hydrogens is 408 g/mol. The van der Waals surface area contributed by atoms with Gasteiger partial charge in [0, 0.05) is 55.7 Å². The highest BCUT2D eigenvalue weighted by Gasteiger charge is 2.27. The number of sulfonamides is 1. The summed E-state index contributed by atoms with van der Waals surface area (Å²) < 4.78 is 26.9. The minimum Gasteiger partial charge on any atom is -0.355 e. The van der Waals surface area contributed by atoms with Crippen molar-refractivity contribution in [1.82, 2.24) is 19.9 Å². The molecule has 2 aromatic rings. The monoisotopic (exact) mass is 436 g/mol. The largest absolute Gasteiger partial charge is 0.355 e. The van der Waals surface area contributed by atoms with Crippen LogP contribution in [0.25, 0.3) is 0 Å². The maximum absolute atomic E-state index is 12.7. The molecule has 29 heavy (non-hydrogen) atoms. The van der Waals surface area contributed by atoms with Crippen molar-refractivity contribution >= 4 is 33.1 Å². The molecular formula is C19H28N6O2S2. The van der Waals surface area contributed by atoms with Gasteiger partial charge in [0.15, 0.2) is 5.96 Å². The topological polar surface area (TPSA) is 89.9 Å². The van der Waals surface area contributed by atoms with Gasteiger partial charge >= 0.3 is 0 Å². The zero-order valence-corrected chi connectivity index (χ0v) is 18.5. The van der Waals surface area contributed by atoms with E-state index in [1.807, 2.05) is 18.2 Å². The quantitative estimate of drug-likeness (QED) is 0.502. The van der Waals surface area contributed by atoms with E-state index in [4.69, 9.17) is 0 Å². The number of nitrogens with one attached hydrogen (secondary N) is 2. The molecule has 8 nitrogen and oxygen atoms in total. The fourth-order valence-corrected chi connectivity index (χ4v) is 5.30. The van der Waals surface area contributed by atoms with E-state index in [1.165, 1.54) is 9.75 Å². The standard InChI is InChI=1S/C19H28N6O2S2/c1-16-6-7-17(28-16)15-23-19(20-2)22-9-14-29(26,27)25-12-10-24(11-13-25)18-5-3-4-8-21-18/h3-8H,9-15H2,1-2H3,(H2,20,22,23). The third-order valence-electron chi connectivity index (χ3n) is 4.71. The average Bonchev–Trinajstić information content (AvgIpc) is 3.16. The summed E-state index contributed by atoms with van der Waals surface area (Å²) in [4.78, 5) is 13.1. The highest BCUT2D eigenvalue weighted by atomic mass is 32.2. The van der Waals surface area contributed by atoms with Crippen LogP contribution in [0.4, 0.5) is 5.82 Å². The Morgan fingerprint density at radius 2 is 1.97 bits per heavy atom. The van der Waals surface area contributed by atoms with Crippen molar-refractivity contribution in [3.05, 3.63) is 46.3 Å². The van der Waals surface area contributed by atoms with E-state index in [-0.39, 0.29) is 5.75 Å². The molecule has 0 amide bonds. The second kappa shape index (κ2) is 10.0. The van der Waals surface area contributed by atoms with Crippen LogP contribution >= 0.6 is 11.3 Å². The van der Waals surface area contributed by atoms with Crippen LogP contribution in [0.2, 0.25) is 0 Å². The number of nitrogens with zero attached hydrogens (tertiary/aromatic N) is 4. The third-order valence-corrected chi connectivity index (χ3v) is 7.58. The van der Waals surface area contributed by atoms with Gasteiger partial charge in [-0.15, -0.1) is 11.3 Å². The molecule has 0 radical (unpaired) electrons. The van der Waals surface area contributed by atoms with Gasteiger partial charge in [0.05, 0.1) is 12.3 Å². The molecule has 10 heteroatoms. The van der Waals surface area contributed by atoms with Crippen LogP contribution in [0.1, 0.15) is 9.75 Å². The Balaban J connectivity index is 1.42. The molecule has 0 bridgehead atoms. The first-order valence-electron chi connectivity index (χ1n) is 9.61. The molecule has 2 aromatic heterocycles. The van der Waals surface area contributed by atoms with Crippen molar-refractivity contribution < 1.29 is 8.42 Å². The van der Waals surface area contributed by atoms with Crippen LogP contribution in [0.3, 0.4) is 0 Å². The summed E-state index contributed by atoms with van der Waals surface area (Å²) in [5.74, 6) is 1.53. The molecule has 1 aliphatic rings. The van der Waals surface area contributed by atoms with Crippen molar-refractivity contribution in [2.75, 3.05) is 50.4 Å². The van der Waals surface area contributed by atoms with Crippen LogP contribution in [0.5, 0.6) is 0 Å². The summed E-state index contributed by atoms with van der Waals surface area (Å²) in [6.07, 6.45) is 1.75. The molecule has 1 fully saturated rings. The van der Waals surface area contributed by atoms with Gasteiger partial charge < -0.3 is 15.5 Å². The number of hydrogen-bond donors (Lipinski definition) is 2. The Kier molecular flexibility index (Phi) is 7.45. The van der Waals surface area contributed by atoms with Crippen molar-refractivity contribution in [3.63, 3.8) is 0 Å². The Morgan fingerprint density at radius 3 is 2.59 bits per heavy atom. The highest BCUT2D eigenvalue weighted by molar-refractivity contribution is 7.89. The Hall–Kier alpha value is -2.17. The number of pyridine rings is 1. The molecule has 2 N–H and O–H groups in total. The number of guanidine groups is 1. The molecule has 3 rings (SSSR count). The third kappa shape index (κ3) is 6.15. The van der Waals surface area contributed by atoms with E-state index in [0.717, 1.165) is 5.82 Å². The zero-order chi connectivity index (χ0) is 20.7. The number of rotatable bonds is 7. The van der Waals surface area contributed by atoms with Gasteiger partial charge in [0.1, 0.15) is 5.82 Å². The minimum atomic E-state index is -3.31. The van der Waals surface area contributed by atoms with E-state index in [9.17, 15) is 8.42 Å². The van der Waals surface area contributed by atoms with Gasteiger partial charge in [0.25, 0.3) is 0 Å². The van der Waals surface area contributed by atoms with E-state index in [1.54, 1.807) is 28.9 Å². The van der Waals surface area contributed by atoms with Gasteiger partial charge in [-0.05, 0) is 31.2 Å². The Labute approximate surface area is 176 Å². The van der Waals surface area contributed by atoms with E-state index < -0.39 is 10.0 Å². The molecule has 0 saturated carbocycles. The van der Waals surface area contributed by atoms with E-state index >= 15 is 0 Å². The first-order chi connectivity index (χ1) is 14.0. The lowest BCUT2D eigenvalue weighted by atomic mass is 10.3. The molecule has 0 spiro atoms. The van der Waals surface area contributed by atoms with Crippen LogP contribution < -0.4 is 15.5 Å². The minimum absolute atomic E-state index is 0.0371. The number of aromatic nitrogens is 1. The predicted molar refractivity (Wildman–Crippen MR) is 119 cm³/mol. The van der Waals surface area contributed by atoms with Crippen molar-refractivity contribution in [3.8, 4) is 0 Å². The maximum atomic E-state index is 12.7. The Morgan fingerprint density at radius 1 is 1.17 bits per heavy atom. The molecule has 0 aliphatic carbocycles. The second-order valence-electron chi connectivity index (χ2n) is 6.75. The van der Waals surface area contributed by atoms with Crippen LogP contribution in [0, 0.1) is 6.92 Å². The molecule has 3 heterocycles. The van der Waals surface area contributed by atoms with Crippen molar-refractivity contribution in [1.29, 1.82) is 0 Å². The molecule has 1 saturated heterocycles. The number of thiophene rings is 1. The highest BCUT2D eigenvalue weighted by Crippen LogP contribution is 2.15. The first kappa shape index (κ1) is 21.5. The van der Waals surface area contributed by atoms with Crippen LogP contribution in [0.15, 0.2) is 41.5 Å². The number of piperazine rings is 1. The summed E-state index contributed by atoms with van der Waals surface area (Å²) in [5.41, 5.74) is 0.